The van der Waals surface area contributed by atoms with Crippen molar-refractivity contribution in [3.63, 3.8) is 0 Å². The molecule has 8 nitrogen and oxygen atoms in total. The minimum atomic E-state index is -1.62. The number of aromatic nitrogens is 3. The van der Waals surface area contributed by atoms with E-state index in [1.807, 2.05) is 6.07 Å². The Bertz CT molecular complexity index is 1220. The first-order valence-electron chi connectivity index (χ1n) is 11.4. The Morgan fingerprint density at radius 1 is 1.31 bits per heavy atom. The highest BCUT2D eigenvalue weighted by Crippen LogP contribution is 2.49. The highest BCUT2D eigenvalue weighted by atomic mass is 32.1. The summed E-state index contributed by atoms with van der Waals surface area (Å²) in [5, 5.41) is 27.4. The molecule has 3 heterocycles. The van der Waals surface area contributed by atoms with Gasteiger partial charge in [-0.1, -0.05) is 39.5 Å². The van der Waals surface area contributed by atoms with E-state index in [1.54, 1.807) is 48.2 Å². The van der Waals surface area contributed by atoms with Gasteiger partial charge in [-0.15, -0.1) is 11.3 Å². The average molecular weight is 495 g/mol. The van der Waals surface area contributed by atoms with Crippen LogP contribution < -0.4 is 0 Å². The fourth-order valence-electron chi connectivity index (χ4n) is 5.05. The van der Waals surface area contributed by atoms with Crippen LogP contribution in [0.1, 0.15) is 59.7 Å². The molecule has 3 atom stereocenters. The van der Waals surface area contributed by atoms with Crippen molar-refractivity contribution in [2.24, 2.45) is 5.92 Å². The fraction of sp³-hybridized carbons (Fsp3) is 0.385. The molecule has 0 bridgehead atoms. The number of amides is 1. The van der Waals surface area contributed by atoms with Gasteiger partial charge in [0, 0.05) is 42.1 Å². The maximum absolute atomic E-state index is 14.2. The molecule has 1 fully saturated rings. The SMILES string of the molecule is C=Cc1cc(C(=O)N2[C@@H](c3nccs3)[C@@H](CO)C[C@@]2(Cn2cccn2)C(=O)O)ccc1C(C)(C)C. The second kappa shape index (κ2) is 9.39. The molecule has 0 aliphatic carbocycles. The zero-order chi connectivity index (χ0) is 25.4. The van der Waals surface area contributed by atoms with Gasteiger partial charge in [0.15, 0.2) is 5.54 Å². The van der Waals surface area contributed by atoms with E-state index in [9.17, 15) is 19.8 Å². The molecule has 184 valence electrons. The van der Waals surface area contributed by atoms with Crippen LogP contribution in [0.25, 0.3) is 6.08 Å². The second-order valence-corrected chi connectivity index (χ2v) is 10.9. The van der Waals surface area contributed by atoms with Crippen molar-refractivity contribution in [2.45, 2.75) is 50.7 Å². The summed E-state index contributed by atoms with van der Waals surface area (Å²) in [5.74, 6) is -2.07. The lowest BCUT2D eigenvalue weighted by Crippen LogP contribution is -2.56. The predicted molar refractivity (Wildman–Crippen MR) is 134 cm³/mol. The van der Waals surface area contributed by atoms with E-state index >= 15 is 0 Å². The third-order valence-electron chi connectivity index (χ3n) is 6.65. The van der Waals surface area contributed by atoms with Gasteiger partial charge in [-0.05, 0) is 41.2 Å². The lowest BCUT2D eigenvalue weighted by molar-refractivity contribution is -0.150. The molecule has 1 aliphatic heterocycles. The Balaban J connectivity index is 1.88. The topological polar surface area (TPSA) is 109 Å². The van der Waals surface area contributed by atoms with Gasteiger partial charge in [-0.3, -0.25) is 9.48 Å². The number of hydrogen-bond acceptors (Lipinski definition) is 6. The Morgan fingerprint density at radius 2 is 2.09 bits per heavy atom. The molecule has 9 heteroatoms. The van der Waals surface area contributed by atoms with Gasteiger partial charge >= 0.3 is 5.97 Å². The number of hydrogen-bond donors (Lipinski definition) is 2. The number of rotatable bonds is 7. The summed E-state index contributed by atoms with van der Waals surface area (Å²) in [6, 6.07) is 6.43. The highest BCUT2D eigenvalue weighted by Gasteiger charge is 2.60. The Kier molecular flexibility index (Phi) is 6.66. The van der Waals surface area contributed by atoms with Crippen LogP contribution >= 0.6 is 11.3 Å². The molecule has 35 heavy (non-hydrogen) atoms. The molecule has 1 aliphatic rings. The average Bonchev–Trinajstić information content (AvgIpc) is 3.58. The van der Waals surface area contributed by atoms with Gasteiger partial charge in [0.1, 0.15) is 5.01 Å². The Morgan fingerprint density at radius 3 is 2.63 bits per heavy atom. The molecule has 1 aromatic carbocycles. The van der Waals surface area contributed by atoms with E-state index in [-0.39, 0.29) is 25.0 Å². The number of carboxylic acid groups (broad SMARTS) is 1. The Hall–Kier alpha value is -3.30. The van der Waals surface area contributed by atoms with Crippen molar-refractivity contribution in [1.82, 2.24) is 19.7 Å². The molecule has 1 saturated heterocycles. The second-order valence-electron chi connectivity index (χ2n) is 9.93. The molecule has 3 aromatic rings. The van der Waals surface area contributed by atoms with Crippen molar-refractivity contribution in [3.8, 4) is 0 Å². The fourth-order valence-corrected chi connectivity index (χ4v) is 5.87. The number of nitrogens with zero attached hydrogens (tertiary/aromatic N) is 4. The van der Waals surface area contributed by atoms with Crippen LogP contribution in [-0.2, 0) is 16.8 Å². The number of carbonyl (C=O) groups is 2. The van der Waals surface area contributed by atoms with Crippen molar-refractivity contribution in [3.05, 3.63) is 76.5 Å². The number of carboxylic acids is 1. The number of thiazole rings is 1. The molecule has 2 N–H and O–H groups in total. The van der Waals surface area contributed by atoms with Crippen molar-refractivity contribution < 1.29 is 19.8 Å². The van der Waals surface area contributed by atoms with Crippen LogP contribution in [0.3, 0.4) is 0 Å². The molecule has 0 spiro atoms. The van der Waals surface area contributed by atoms with Crippen LogP contribution in [0, 0.1) is 5.92 Å². The van der Waals surface area contributed by atoms with Crippen LogP contribution in [0.2, 0.25) is 0 Å². The summed E-state index contributed by atoms with van der Waals surface area (Å²) in [6.45, 7) is 9.85. The quantitative estimate of drug-likeness (QED) is 0.514. The maximum Gasteiger partial charge on any atom is 0.331 e. The summed E-state index contributed by atoms with van der Waals surface area (Å²) in [4.78, 5) is 32.9. The van der Waals surface area contributed by atoms with Gasteiger partial charge in [0.2, 0.25) is 0 Å². The zero-order valence-electron chi connectivity index (χ0n) is 20.1. The smallest absolute Gasteiger partial charge is 0.331 e. The van der Waals surface area contributed by atoms with Gasteiger partial charge < -0.3 is 15.1 Å². The Labute approximate surface area is 208 Å². The summed E-state index contributed by atoms with van der Waals surface area (Å²) in [7, 11) is 0. The molecular formula is C26H30N4O4S. The third-order valence-corrected chi connectivity index (χ3v) is 7.50. The lowest BCUT2D eigenvalue weighted by Gasteiger charge is -2.37. The minimum Gasteiger partial charge on any atom is -0.479 e. The largest absolute Gasteiger partial charge is 0.479 e. The first-order chi connectivity index (χ1) is 16.6. The molecular weight excluding hydrogens is 464 g/mol. The van der Waals surface area contributed by atoms with E-state index in [0.717, 1.165) is 11.1 Å². The molecule has 2 aromatic heterocycles. The number of aliphatic carboxylic acids is 1. The van der Waals surface area contributed by atoms with Gasteiger partial charge in [0.05, 0.1) is 12.6 Å². The molecule has 0 radical (unpaired) electrons. The number of aliphatic hydroxyl groups is 1. The molecule has 0 unspecified atom stereocenters. The predicted octanol–water partition coefficient (Wildman–Crippen LogP) is 4.00. The molecule has 1 amide bonds. The van der Waals surface area contributed by atoms with Crippen molar-refractivity contribution in [1.29, 1.82) is 0 Å². The van der Waals surface area contributed by atoms with Crippen molar-refractivity contribution >= 4 is 29.3 Å². The summed E-state index contributed by atoms with van der Waals surface area (Å²) in [5.41, 5.74) is 0.439. The molecule has 4 rings (SSSR count). The standard InChI is InChI=1S/C26H30N4O4S/c1-5-17-13-18(7-8-20(17)25(2,3)4)23(32)30-21(22-27-10-12-35-22)19(15-31)14-26(30,24(33)34)16-29-11-6-9-28-29/h5-13,19,21,31H,1,14-16H2,2-4H3,(H,33,34)/t19-,21-,26-/m1/s1. The van der Waals surface area contributed by atoms with Crippen LogP contribution in [0.4, 0.5) is 0 Å². The summed E-state index contributed by atoms with van der Waals surface area (Å²) in [6.07, 6.45) is 6.65. The monoisotopic (exact) mass is 494 g/mol. The highest BCUT2D eigenvalue weighted by molar-refractivity contribution is 7.09. The van der Waals surface area contributed by atoms with Gasteiger partial charge in [-0.25, -0.2) is 9.78 Å². The minimum absolute atomic E-state index is 0.0478. The normalized spacial score (nSPS) is 22.3. The van der Waals surface area contributed by atoms with Crippen LogP contribution in [0.15, 0.2) is 54.8 Å². The van der Waals surface area contributed by atoms with E-state index in [4.69, 9.17) is 0 Å². The van der Waals surface area contributed by atoms with E-state index in [2.05, 4.69) is 37.4 Å². The molecule has 0 saturated carbocycles. The maximum atomic E-state index is 14.2. The third kappa shape index (κ3) is 4.41. The van der Waals surface area contributed by atoms with Crippen LogP contribution in [-0.4, -0.2) is 53.9 Å². The van der Waals surface area contributed by atoms with E-state index in [0.29, 0.717) is 10.6 Å². The first-order valence-corrected chi connectivity index (χ1v) is 12.3. The number of aliphatic hydroxyl groups excluding tert-OH is 1. The number of likely N-dealkylation sites (tertiary alicyclic amines) is 1. The van der Waals surface area contributed by atoms with E-state index in [1.165, 1.54) is 20.9 Å². The van der Waals surface area contributed by atoms with E-state index < -0.39 is 29.4 Å². The first kappa shape index (κ1) is 24.8. The number of carbonyl (C=O) groups excluding carboxylic acids is 1. The summed E-state index contributed by atoms with van der Waals surface area (Å²) >= 11 is 1.34. The van der Waals surface area contributed by atoms with Gasteiger partial charge in [-0.2, -0.15) is 5.10 Å². The van der Waals surface area contributed by atoms with Crippen LogP contribution in [0.5, 0.6) is 0 Å². The van der Waals surface area contributed by atoms with Gasteiger partial charge in [0.25, 0.3) is 5.91 Å². The van der Waals surface area contributed by atoms with Crippen molar-refractivity contribution in [2.75, 3.05) is 6.61 Å². The zero-order valence-corrected chi connectivity index (χ0v) is 20.9. The number of benzene rings is 1. The summed E-state index contributed by atoms with van der Waals surface area (Å²) < 4.78 is 1.52. The lowest BCUT2D eigenvalue weighted by atomic mass is 9.83.